The van der Waals surface area contributed by atoms with Gasteiger partial charge in [0.1, 0.15) is 0 Å². The van der Waals surface area contributed by atoms with Crippen LogP contribution in [0.1, 0.15) is 26.7 Å². The summed E-state index contributed by atoms with van der Waals surface area (Å²) >= 11 is 0. The summed E-state index contributed by atoms with van der Waals surface area (Å²) in [5, 5.41) is 6.10. The Balaban J connectivity index is 2.55. The van der Waals surface area contributed by atoms with E-state index in [1.54, 1.807) is 0 Å². The van der Waals surface area contributed by atoms with Gasteiger partial charge in [-0.3, -0.25) is 9.69 Å². The molecular weight excluding hydrogens is 214 g/mol. The fourth-order valence-electron chi connectivity index (χ4n) is 2.31. The van der Waals surface area contributed by atoms with Crippen LogP contribution in [0.25, 0.3) is 0 Å². The van der Waals surface area contributed by atoms with Crippen molar-refractivity contribution >= 4 is 5.91 Å². The molecular formula is C13H23N3O. The van der Waals surface area contributed by atoms with Gasteiger partial charge in [0.15, 0.2) is 0 Å². The number of nitrogens with zero attached hydrogens (tertiary/aromatic N) is 1. The van der Waals surface area contributed by atoms with Crippen molar-refractivity contribution < 1.29 is 4.79 Å². The van der Waals surface area contributed by atoms with Crippen molar-refractivity contribution in [2.45, 2.75) is 38.8 Å². The fraction of sp³-hybridized carbons (Fsp3) is 0.769. The standard InChI is InChI=1S/C13H23N3O/c1-4-7-15-13(17)11(3)16(9-5-2)12-6-8-14-10-12/h1,11-12,14H,5-10H2,2-3H3,(H,15,17). The lowest BCUT2D eigenvalue weighted by Crippen LogP contribution is -2.50. The summed E-state index contributed by atoms with van der Waals surface area (Å²) in [4.78, 5) is 14.2. The summed E-state index contributed by atoms with van der Waals surface area (Å²) in [6, 6.07) is 0.370. The van der Waals surface area contributed by atoms with Crippen LogP contribution in [-0.4, -0.2) is 49.1 Å². The number of hydrogen-bond acceptors (Lipinski definition) is 3. The summed E-state index contributed by atoms with van der Waals surface area (Å²) < 4.78 is 0. The van der Waals surface area contributed by atoms with E-state index in [1.165, 1.54) is 0 Å². The Kier molecular flexibility index (Phi) is 6.03. The highest BCUT2D eigenvalue weighted by molar-refractivity contribution is 5.81. The first-order chi connectivity index (χ1) is 8.20. The van der Waals surface area contributed by atoms with Crippen LogP contribution in [0.2, 0.25) is 0 Å². The van der Waals surface area contributed by atoms with Gasteiger partial charge in [0.25, 0.3) is 0 Å². The monoisotopic (exact) mass is 237 g/mol. The van der Waals surface area contributed by atoms with Gasteiger partial charge in [0.2, 0.25) is 5.91 Å². The third-order valence-electron chi connectivity index (χ3n) is 3.23. The molecule has 1 amide bonds. The number of terminal acetylenes is 1. The largest absolute Gasteiger partial charge is 0.344 e. The van der Waals surface area contributed by atoms with Crippen LogP contribution in [0.5, 0.6) is 0 Å². The van der Waals surface area contributed by atoms with Crippen LogP contribution < -0.4 is 10.6 Å². The molecule has 4 nitrogen and oxygen atoms in total. The smallest absolute Gasteiger partial charge is 0.237 e. The molecule has 2 atom stereocenters. The van der Waals surface area contributed by atoms with Gasteiger partial charge in [-0.05, 0) is 32.9 Å². The Morgan fingerprint density at radius 1 is 1.71 bits per heavy atom. The molecule has 1 fully saturated rings. The Morgan fingerprint density at radius 3 is 3.00 bits per heavy atom. The van der Waals surface area contributed by atoms with E-state index in [2.05, 4.69) is 28.4 Å². The SMILES string of the molecule is C#CCNC(=O)C(C)N(CCC)C1CCNC1. The molecule has 17 heavy (non-hydrogen) atoms. The van der Waals surface area contributed by atoms with Crippen LogP contribution in [-0.2, 0) is 4.79 Å². The minimum Gasteiger partial charge on any atom is -0.344 e. The van der Waals surface area contributed by atoms with Gasteiger partial charge in [-0.25, -0.2) is 0 Å². The lowest BCUT2D eigenvalue weighted by Gasteiger charge is -2.32. The van der Waals surface area contributed by atoms with Crippen molar-refractivity contribution in [3.63, 3.8) is 0 Å². The molecule has 0 spiro atoms. The van der Waals surface area contributed by atoms with Crippen LogP contribution in [0, 0.1) is 12.3 Å². The Hall–Kier alpha value is -1.05. The maximum Gasteiger partial charge on any atom is 0.237 e. The number of rotatable bonds is 6. The van der Waals surface area contributed by atoms with E-state index in [0.717, 1.165) is 32.5 Å². The molecule has 1 aliphatic rings. The van der Waals surface area contributed by atoms with Gasteiger partial charge in [-0.15, -0.1) is 6.42 Å². The average Bonchev–Trinajstić information content (AvgIpc) is 2.85. The number of amides is 1. The van der Waals surface area contributed by atoms with E-state index in [-0.39, 0.29) is 11.9 Å². The molecule has 0 aromatic heterocycles. The van der Waals surface area contributed by atoms with Crippen molar-refractivity contribution in [1.82, 2.24) is 15.5 Å². The topological polar surface area (TPSA) is 44.4 Å². The highest BCUT2D eigenvalue weighted by atomic mass is 16.2. The van der Waals surface area contributed by atoms with E-state index in [9.17, 15) is 4.79 Å². The summed E-state index contributed by atoms with van der Waals surface area (Å²) in [7, 11) is 0. The zero-order valence-corrected chi connectivity index (χ0v) is 10.8. The first kappa shape index (κ1) is 14.0. The first-order valence-electron chi connectivity index (χ1n) is 6.38. The third kappa shape index (κ3) is 4.03. The first-order valence-corrected chi connectivity index (χ1v) is 6.38. The third-order valence-corrected chi connectivity index (χ3v) is 3.23. The molecule has 1 aliphatic heterocycles. The lowest BCUT2D eigenvalue weighted by atomic mass is 10.1. The molecule has 0 aliphatic carbocycles. The molecule has 1 rings (SSSR count). The molecule has 0 bridgehead atoms. The molecule has 2 unspecified atom stereocenters. The van der Waals surface area contributed by atoms with Crippen LogP contribution in [0.3, 0.4) is 0 Å². The molecule has 0 radical (unpaired) electrons. The summed E-state index contributed by atoms with van der Waals surface area (Å²) in [5.74, 6) is 2.46. The summed E-state index contributed by atoms with van der Waals surface area (Å²) in [6.07, 6.45) is 7.32. The van der Waals surface area contributed by atoms with Crippen LogP contribution in [0.4, 0.5) is 0 Å². The van der Waals surface area contributed by atoms with Crippen LogP contribution >= 0.6 is 0 Å². The average molecular weight is 237 g/mol. The zero-order chi connectivity index (χ0) is 12.7. The molecule has 0 aromatic rings. The molecule has 96 valence electrons. The molecule has 1 heterocycles. The minimum atomic E-state index is -0.104. The van der Waals surface area contributed by atoms with Gasteiger partial charge in [0.05, 0.1) is 12.6 Å². The van der Waals surface area contributed by atoms with Gasteiger partial charge in [0, 0.05) is 12.6 Å². The van der Waals surface area contributed by atoms with E-state index < -0.39 is 0 Å². The predicted molar refractivity (Wildman–Crippen MR) is 69.6 cm³/mol. The predicted octanol–water partition coefficient (Wildman–Crippen LogP) is 0.198. The lowest BCUT2D eigenvalue weighted by molar-refractivity contribution is -0.126. The summed E-state index contributed by atoms with van der Waals surface area (Å²) in [6.45, 7) is 7.39. The summed E-state index contributed by atoms with van der Waals surface area (Å²) in [5.41, 5.74) is 0. The second-order valence-corrected chi connectivity index (χ2v) is 4.48. The van der Waals surface area contributed by atoms with Crippen molar-refractivity contribution in [2.24, 2.45) is 0 Å². The minimum absolute atomic E-state index is 0.0308. The van der Waals surface area contributed by atoms with Crippen molar-refractivity contribution in [3.05, 3.63) is 0 Å². The van der Waals surface area contributed by atoms with Gasteiger partial charge < -0.3 is 10.6 Å². The fourth-order valence-corrected chi connectivity index (χ4v) is 2.31. The number of hydrogen-bond donors (Lipinski definition) is 2. The Bertz CT molecular complexity index is 279. The van der Waals surface area contributed by atoms with Crippen molar-refractivity contribution in [3.8, 4) is 12.3 Å². The maximum atomic E-state index is 11.9. The Morgan fingerprint density at radius 2 is 2.47 bits per heavy atom. The zero-order valence-electron chi connectivity index (χ0n) is 10.8. The molecule has 1 saturated heterocycles. The van der Waals surface area contributed by atoms with E-state index in [4.69, 9.17) is 6.42 Å². The number of carbonyl (C=O) groups excluding carboxylic acids is 1. The second kappa shape index (κ2) is 7.31. The van der Waals surface area contributed by atoms with E-state index in [1.807, 2.05) is 6.92 Å². The van der Waals surface area contributed by atoms with Gasteiger partial charge >= 0.3 is 0 Å². The highest BCUT2D eigenvalue weighted by Crippen LogP contribution is 2.13. The Labute approximate surface area is 104 Å². The number of carbonyl (C=O) groups is 1. The second-order valence-electron chi connectivity index (χ2n) is 4.48. The van der Waals surface area contributed by atoms with Crippen LogP contribution in [0.15, 0.2) is 0 Å². The number of nitrogens with one attached hydrogen (secondary N) is 2. The highest BCUT2D eigenvalue weighted by Gasteiger charge is 2.29. The van der Waals surface area contributed by atoms with E-state index >= 15 is 0 Å². The van der Waals surface area contributed by atoms with Crippen molar-refractivity contribution in [1.29, 1.82) is 0 Å². The molecule has 0 saturated carbocycles. The molecule has 2 N–H and O–H groups in total. The maximum absolute atomic E-state index is 11.9. The van der Waals surface area contributed by atoms with Gasteiger partial charge in [-0.1, -0.05) is 12.8 Å². The normalized spacial score (nSPS) is 21.2. The van der Waals surface area contributed by atoms with Crippen molar-refractivity contribution in [2.75, 3.05) is 26.2 Å². The van der Waals surface area contributed by atoms with E-state index in [0.29, 0.717) is 12.6 Å². The molecule has 0 aromatic carbocycles. The molecule has 4 heteroatoms. The quantitative estimate of drug-likeness (QED) is 0.649. The van der Waals surface area contributed by atoms with Gasteiger partial charge in [-0.2, -0.15) is 0 Å².